The van der Waals surface area contributed by atoms with Gasteiger partial charge in [0.05, 0.1) is 12.1 Å². The summed E-state index contributed by atoms with van der Waals surface area (Å²) in [4.78, 5) is 11.9. The van der Waals surface area contributed by atoms with Crippen LogP contribution in [0, 0.1) is 0 Å². The first kappa shape index (κ1) is 14.7. The number of carbonyl (C=O) groups excluding carboxylic acids is 1. The molecule has 0 aliphatic heterocycles. The minimum atomic E-state index is -0.522. The smallest absolute Gasteiger partial charge is 0.254 e. The number of aromatic nitrogens is 2. The Balaban J connectivity index is 2.00. The predicted octanol–water partition coefficient (Wildman–Crippen LogP) is 3.02. The van der Waals surface area contributed by atoms with Gasteiger partial charge in [0, 0.05) is 16.7 Å². The largest absolute Gasteiger partial charge is 0.368 e. The molecule has 0 radical (unpaired) electrons. The lowest BCUT2D eigenvalue weighted by Gasteiger charge is -2.11. The Labute approximate surface area is 125 Å². The summed E-state index contributed by atoms with van der Waals surface area (Å²) < 4.78 is 8.00. The summed E-state index contributed by atoms with van der Waals surface area (Å²) in [5, 5.41) is 7.02. The third-order valence-electron chi connectivity index (χ3n) is 2.73. The van der Waals surface area contributed by atoms with E-state index in [1.54, 1.807) is 23.6 Å². The van der Waals surface area contributed by atoms with Gasteiger partial charge in [0.15, 0.2) is 5.82 Å². The van der Waals surface area contributed by atoms with Crippen molar-refractivity contribution in [2.45, 2.75) is 19.4 Å². The van der Waals surface area contributed by atoms with Crippen LogP contribution < -0.4 is 5.32 Å². The highest BCUT2D eigenvalue weighted by Gasteiger charge is 2.14. The second kappa shape index (κ2) is 6.67. The fraction of sp³-hybridized carbons (Fsp3) is 0.286. The number of anilines is 1. The lowest BCUT2D eigenvalue weighted by Crippen LogP contribution is -2.28. The zero-order chi connectivity index (χ0) is 14.5. The molecule has 2 rings (SSSR count). The number of fused-ring (bicyclic) bond motifs is 1. The molecule has 0 unspecified atom stereocenters. The number of hydrogen-bond acceptors (Lipinski definition) is 3. The van der Waals surface area contributed by atoms with Gasteiger partial charge in [-0.1, -0.05) is 6.08 Å². The number of amides is 1. The fourth-order valence-electron chi connectivity index (χ4n) is 1.65. The van der Waals surface area contributed by atoms with Crippen molar-refractivity contribution in [3.63, 3.8) is 0 Å². The lowest BCUT2D eigenvalue weighted by molar-refractivity contribution is -0.126. The highest BCUT2D eigenvalue weighted by molar-refractivity contribution is 9.10. The maximum Gasteiger partial charge on any atom is 0.254 e. The van der Waals surface area contributed by atoms with E-state index in [1.807, 2.05) is 18.3 Å². The second-order valence-corrected chi connectivity index (χ2v) is 5.24. The van der Waals surface area contributed by atoms with Gasteiger partial charge in [0.1, 0.15) is 6.10 Å². The summed E-state index contributed by atoms with van der Waals surface area (Å²) in [5.41, 5.74) is 0.906. The molecule has 20 heavy (non-hydrogen) atoms. The molecule has 0 saturated carbocycles. The molecule has 1 N–H and O–H groups in total. The Morgan fingerprint density at radius 3 is 3.20 bits per heavy atom. The van der Waals surface area contributed by atoms with Crippen molar-refractivity contribution >= 4 is 33.2 Å². The van der Waals surface area contributed by atoms with Gasteiger partial charge in [-0.25, -0.2) is 4.52 Å². The van der Waals surface area contributed by atoms with Crippen LogP contribution in [0.4, 0.5) is 5.82 Å². The van der Waals surface area contributed by atoms with E-state index in [9.17, 15) is 4.79 Å². The Hall–Kier alpha value is -1.66. The molecular weight excluding hydrogens is 322 g/mol. The average Bonchev–Trinajstić information content (AvgIpc) is 2.80. The molecule has 0 fully saturated rings. The zero-order valence-electron chi connectivity index (χ0n) is 11.2. The first-order valence-electron chi connectivity index (χ1n) is 6.28. The third kappa shape index (κ3) is 3.68. The molecule has 2 aromatic heterocycles. The molecular formula is C14H16BrN3O2. The van der Waals surface area contributed by atoms with Crippen LogP contribution in [0.25, 0.3) is 5.52 Å². The highest BCUT2D eigenvalue weighted by Crippen LogP contribution is 2.15. The van der Waals surface area contributed by atoms with Crippen LogP contribution in [0.2, 0.25) is 0 Å². The van der Waals surface area contributed by atoms with Gasteiger partial charge in [-0.2, -0.15) is 0 Å². The minimum absolute atomic E-state index is 0.212. The van der Waals surface area contributed by atoms with Gasteiger partial charge in [0.25, 0.3) is 5.91 Å². The number of nitrogens with zero attached hydrogens (tertiary/aromatic N) is 2. The van der Waals surface area contributed by atoms with Crippen LogP contribution in [0.15, 0.2) is 41.5 Å². The third-order valence-corrected chi connectivity index (χ3v) is 3.20. The molecule has 2 aromatic rings. The van der Waals surface area contributed by atoms with Gasteiger partial charge in [-0.3, -0.25) is 4.79 Å². The Morgan fingerprint density at radius 2 is 2.45 bits per heavy atom. The van der Waals surface area contributed by atoms with Crippen molar-refractivity contribution < 1.29 is 9.53 Å². The number of hydrogen-bond donors (Lipinski definition) is 1. The number of ether oxygens (including phenoxy) is 1. The molecule has 106 valence electrons. The van der Waals surface area contributed by atoms with E-state index in [1.165, 1.54) is 0 Å². The quantitative estimate of drug-likeness (QED) is 0.651. The maximum absolute atomic E-state index is 11.9. The monoisotopic (exact) mass is 337 g/mol. The van der Waals surface area contributed by atoms with Gasteiger partial charge >= 0.3 is 0 Å². The van der Waals surface area contributed by atoms with E-state index in [4.69, 9.17) is 4.74 Å². The molecule has 0 aromatic carbocycles. The van der Waals surface area contributed by atoms with Crippen LogP contribution in [0.3, 0.4) is 0 Å². The van der Waals surface area contributed by atoms with Crippen LogP contribution in [-0.4, -0.2) is 28.2 Å². The SMILES string of the molecule is C=CCCO[C@H](C)C(=O)Nc1cc2ccc(Br)cn2n1. The van der Waals surface area contributed by atoms with Crippen molar-refractivity contribution in [1.29, 1.82) is 0 Å². The van der Waals surface area contributed by atoms with Crippen LogP contribution in [-0.2, 0) is 9.53 Å². The molecule has 0 aliphatic rings. The number of carbonyl (C=O) groups is 1. The van der Waals surface area contributed by atoms with E-state index in [-0.39, 0.29) is 5.91 Å². The van der Waals surface area contributed by atoms with Crippen molar-refractivity contribution in [3.8, 4) is 0 Å². The Bertz CT molecular complexity index is 624. The van der Waals surface area contributed by atoms with Crippen molar-refractivity contribution in [1.82, 2.24) is 9.61 Å². The molecule has 2 heterocycles. The van der Waals surface area contributed by atoms with E-state index in [0.717, 1.165) is 16.4 Å². The fourth-order valence-corrected chi connectivity index (χ4v) is 1.98. The van der Waals surface area contributed by atoms with Gasteiger partial charge in [-0.05, 0) is 41.4 Å². The number of pyridine rings is 1. The number of rotatable bonds is 6. The lowest BCUT2D eigenvalue weighted by atomic mass is 10.3. The van der Waals surface area contributed by atoms with Gasteiger partial charge < -0.3 is 10.1 Å². The van der Waals surface area contributed by atoms with E-state index in [0.29, 0.717) is 12.4 Å². The topological polar surface area (TPSA) is 55.6 Å². The molecule has 0 spiro atoms. The summed E-state index contributed by atoms with van der Waals surface area (Å²) in [6.07, 6.45) is 3.78. The molecule has 5 nitrogen and oxygen atoms in total. The summed E-state index contributed by atoms with van der Waals surface area (Å²) in [6.45, 7) is 5.80. The van der Waals surface area contributed by atoms with E-state index >= 15 is 0 Å². The normalized spacial score (nSPS) is 12.3. The van der Waals surface area contributed by atoms with Gasteiger partial charge in [0.2, 0.25) is 0 Å². The molecule has 1 atom stereocenters. The molecule has 6 heteroatoms. The first-order valence-corrected chi connectivity index (χ1v) is 7.08. The first-order chi connectivity index (χ1) is 9.60. The minimum Gasteiger partial charge on any atom is -0.368 e. The molecule has 1 amide bonds. The number of halogens is 1. The summed E-state index contributed by atoms with van der Waals surface area (Å²) in [5.74, 6) is 0.295. The number of nitrogens with one attached hydrogen (secondary N) is 1. The standard InChI is InChI=1S/C14H16BrN3O2/c1-3-4-7-20-10(2)14(19)16-13-8-12-6-5-11(15)9-18(12)17-13/h3,5-6,8-10H,1,4,7H2,2H3,(H,16,17,19)/t10-/m1/s1. The average molecular weight is 338 g/mol. The maximum atomic E-state index is 11.9. The van der Waals surface area contributed by atoms with Crippen LogP contribution >= 0.6 is 15.9 Å². The van der Waals surface area contributed by atoms with Crippen molar-refractivity contribution in [2.24, 2.45) is 0 Å². The Morgan fingerprint density at radius 1 is 1.65 bits per heavy atom. The van der Waals surface area contributed by atoms with E-state index in [2.05, 4.69) is 32.9 Å². The van der Waals surface area contributed by atoms with Crippen LogP contribution in [0.5, 0.6) is 0 Å². The second-order valence-electron chi connectivity index (χ2n) is 4.33. The summed E-state index contributed by atoms with van der Waals surface area (Å²) in [6, 6.07) is 5.64. The van der Waals surface area contributed by atoms with E-state index < -0.39 is 6.10 Å². The molecule has 0 aliphatic carbocycles. The zero-order valence-corrected chi connectivity index (χ0v) is 12.8. The van der Waals surface area contributed by atoms with Crippen LogP contribution in [0.1, 0.15) is 13.3 Å². The predicted molar refractivity (Wildman–Crippen MR) is 81.7 cm³/mol. The molecule has 0 saturated heterocycles. The summed E-state index contributed by atoms with van der Waals surface area (Å²) >= 11 is 3.37. The highest BCUT2D eigenvalue weighted by atomic mass is 79.9. The Kier molecular flexibility index (Phi) is 4.92. The van der Waals surface area contributed by atoms with Crippen molar-refractivity contribution in [2.75, 3.05) is 11.9 Å². The summed E-state index contributed by atoms with van der Waals surface area (Å²) in [7, 11) is 0. The van der Waals surface area contributed by atoms with Gasteiger partial charge in [-0.15, -0.1) is 11.7 Å². The van der Waals surface area contributed by atoms with Crippen molar-refractivity contribution in [3.05, 3.63) is 41.5 Å². The molecule has 0 bridgehead atoms.